The van der Waals surface area contributed by atoms with E-state index in [4.69, 9.17) is 14.2 Å². The van der Waals surface area contributed by atoms with Gasteiger partial charge < -0.3 is 14.2 Å². The number of carbonyl (C=O) groups is 1. The van der Waals surface area contributed by atoms with E-state index >= 15 is 0 Å². The number of carbonyl (C=O) groups excluding carboxylic acids is 1. The zero-order valence-corrected chi connectivity index (χ0v) is 12.8. The number of hydrogen-bond donors (Lipinski definition) is 1. The second-order valence-electron chi connectivity index (χ2n) is 3.36. The number of nitrogens with one attached hydrogen (secondary N) is 1. The number of esters is 1. The van der Waals surface area contributed by atoms with Gasteiger partial charge in [0, 0.05) is 0 Å². The van der Waals surface area contributed by atoms with Crippen LogP contribution in [-0.2, 0) is 14.2 Å². The molecule has 1 aromatic rings. The number of rotatable bonds is 6. The normalized spacial score (nSPS) is 11.3. The van der Waals surface area contributed by atoms with Crippen LogP contribution in [0, 0.1) is 0 Å². The van der Waals surface area contributed by atoms with Crippen LogP contribution < -0.4 is 5.32 Å². The first kappa shape index (κ1) is 16.6. The molecular weight excluding hydrogens is 296 g/mol. The lowest BCUT2D eigenvalue weighted by Crippen LogP contribution is -2.24. The van der Waals surface area contributed by atoms with Crippen LogP contribution in [0.1, 0.15) is 16.6 Å². The summed E-state index contributed by atoms with van der Waals surface area (Å²) in [6.07, 6.45) is 2.64. The van der Waals surface area contributed by atoms with Gasteiger partial charge in [0.25, 0.3) is 6.02 Å². The number of methoxy groups -OCH3 is 2. The zero-order chi connectivity index (χ0) is 15.7. The molecule has 0 aliphatic heterocycles. The lowest BCUT2D eigenvalue weighted by Gasteiger charge is -2.07. The highest BCUT2D eigenvalue weighted by Crippen LogP contribution is 2.21. The highest BCUT2D eigenvalue weighted by molar-refractivity contribution is 7.17. The molecule has 0 aromatic carbocycles. The van der Waals surface area contributed by atoms with Gasteiger partial charge in [0.2, 0.25) is 5.13 Å². The molecule has 1 aromatic heterocycles. The lowest BCUT2D eigenvalue weighted by molar-refractivity contribution is 0.0532. The summed E-state index contributed by atoms with van der Waals surface area (Å²) in [7, 11) is 2.90. The van der Waals surface area contributed by atoms with E-state index in [9.17, 15) is 4.79 Å². The zero-order valence-electron chi connectivity index (χ0n) is 12.0. The van der Waals surface area contributed by atoms with Crippen LogP contribution in [-0.4, -0.2) is 44.1 Å². The minimum atomic E-state index is -0.421. The van der Waals surface area contributed by atoms with Crippen molar-refractivity contribution in [1.82, 2.24) is 10.3 Å². The maximum Gasteiger partial charge on any atom is 0.350 e. The van der Waals surface area contributed by atoms with Crippen molar-refractivity contribution in [3.63, 3.8) is 0 Å². The number of aromatic nitrogens is 1. The maximum atomic E-state index is 11.5. The van der Waals surface area contributed by atoms with Crippen molar-refractivity contribution in [2.24, 2.45) is 9.98 Å². The molecule has 8 nitrogen and oxygen atoms in total. The van der Waals surface area contributed by atoms with Crippen LogP contribution in [0.4, 0.5) is 5.13 Å². The Morgan fingerprint density at radius 1 is 1.52 bits per heavy atom. The number of aliphatic imine (C=N–C) groups is 2. The maximum absolute atomic E-state index is 11.5. The summed E-state index contributed by atoms with van der Waals surface area (Å²) in [6.45, 7) is 5.61. The van der Waals surface area contributed by atoms with E-state index in [0.29, 0.717) is 16.6 Å². The molecule has 0 bridgehead atoms. The summed E-state index contributed by atoms with van der Waals surface area (Å²) in [6, 6.07) is 0.160. The summed E-state index contributed by atoms with van der Waals surface area (Å²) in [5.41, 5.74) is 0. The smallest absolute Gasteiger partial charge is 0.350 e. The van der Waals surface area contributed by atoms with Gasteiger partial charge in [-0.05, 0) is 13.5 Å². The van der Waals surface area contributed by atoms with E-state index in [1.807, 2.05) is 0 Å². The summed E-state index contributed by atoms with van der Waals surface area (Å²) in [5.74, 6) is -0.140. The van der Waals surface area contributed by atoms with Crippen LogP contribution in [0.5, 0.6) is 0 Å². The van der Waals surface area contributed by atoms with Gasteiger partial charge in [0.05, 0.1) is 27.0 Å². The van der Waals surface area contributed by atoms with Gasteiger partial charge in [-0.15, -0.1) is 0 Å². The third-order valence-electron chi connectivity index (χ3n) is 2.00. The van der Waals surface area contributed by atoms with Gasteiger partial charge in [-0.2, -0.15) is 4.99 Å². The first-order valence-electron chi connectivity index (χ1n) is 5.87. The second-order valence-corrected chi connectivity index (χ2v) is 4.37. The molecule has 0 saturated heterocycles. The Morgan fingerprint density at radius 2 is 2.29 bits per heavy atom. The van der Waals surface area contributed by atoms with Crippen molar-refractivity contribution in [2.45, 2.75) is 6.92 Å². The van der Waals surface area contributed by atoms with Crippen molar-refractivity contribution in [2.75, 3.05) is 20.8 Å². The molecule has 0 unspecified atom stereocenters. The van der Waals surface area contributed by atoms with Crippen LogP contribution in [0.2, 0.25) is 0 Å². The summed E-state index contributed by atoms with van der Waals surface area (Å²) >= 11 is 1.10. The number of amidine groups is 1. The fourth-order valence-electron chi connectivity index (χ4n) is 1.06. The highest BCUT2D eigenvalue weighted by Gasteiger charge is 2.10. The van der Waals surface area contributed by atoms with Gasteiger partial charge in [0.1, 0.15) is 11.2 Å². The van der Waals surface area contributed by atoms with Crippen LogP contribution in [0.3, 0.4) is 0 Å². The van der Waals surface area contributed by atoms with E-state index in [-0.39, 0.29) is 11.9 Å². The van der Waals surface area contributed by atoms with Crippen LogP contribution in [0.25, 0.3) is 0 Å². The third kappa shape index (κ3) is 5.61. The molecule has 1 heterocycles. The molecule has 0 fully saturated rings. The first-order valence-corrected chi connectivity index (χ1v) is 6.69. The first-order chi connectivity index (χ1) is 10.1. The average molecular weight is 312 g/mol. The summed E-state index contributed by atoms with van der Waals surface area (Å²) in [4.78, 5) is 23.7. The Labute approximate surface area is 126 Å². The van der Waals surface area contributed by atoms with Crippen LogP contribution >= 0.6 is 11.3 Å². The van der Waals surface area contributed by atoms with Crippen molar-refractivity contribution >= 4 is 34.8 Å². The number of ether oxygens (including phenoxy) is 3. The lowest BCUT2D eigenvalue weighted by atomic mass is 10.6. The quantitative estimate of drug-likeness (QED) is 0.372. The van der Waals surface area contributed by atoms with Crippen molar-refractivity contribution < 1.29 is 19.0 Å². The standard InChI is InChI=1S/C12H16N4O4S/c1-5-20-10(17)9-6-13-12(21-9)15-7-14-11(19-4)16-8(2)18-3/h6-7H,2,5H2,1,3-4H3,(H,13,14,15,16). The Hall–Kier alpha value is -2.42. The Kier molecular flexibility index (Phi) is 6.88. The molecule has 0 spiro atoms. The summed E-state index contributed by atoms with van der Waals surface area (Å²) < 4.78 is 14.6. The number of thiazole rings is 1. The largest absolute Gasteiger partial charge is 0.483 e. The van der Waals surface area contributed by atoms with E-state index in [1.54, 1.807) is 6.92 Å². The minimum Gasteiger partial charge on any atom is -0.483 e. The number of hydrogen-bond acceptors (Lipinski definition) is 7. The SMILES string of the molecule is C=C(NC(=N/C=N/c1ncc(C(=O)OCC)s1)OC)OC. The van der Waals surface area contributed by atoms with E-state index in [2.05, 4.69) is 26.9 Å². The molecule has 0 atom stereocenters. The molecule has 0 aliphatic carbocycles. The molecule has 0 saturated carbocycles. The molecule has 9 heteroatoms. The monoisotopic (exact) mass is 312 g/mol. The van der Waals surface area contributed by atoms with Gasteiger partial charge >= 0.3 is 5.97 Å². The van der Waals surface area contributed by atoms with Gasteiger partial charge in [-0.1, -0.05) is 11.3 Å². The molecule has 21 heavy (non-hydrogen) atoms. The molecule has 0 aliphatic rings. The predicted octanol–water partition coefficient (Wildman–Crippen LogP) is 1.69. The van der Waals surface area contributed by atoms with E-state index in [1.165, 1.54) is 26.8 Å². The van der Waals surface area contributed by atoms with E-state index < -0.39 is 5.97 Å². The second kappa shape index (κ2) is 8.69. The van der Waals surface area contributed by atoms with Crippen molar-refractivity contribution in [3.05, 3.63) is 23.5 Å². The van der Waals surface area contributed by atoms with Crippen LogP contribution in [0.15, 0.2) is 28.6 Å². The Morgan fingerprint density at radius 3 is 2.90 bits per heavy atom. The Bertz CT molecular complexity index is 553. The minimum absolute atomic E-state index is 0.160. The number of nitrogens with zero attached hydrogens (tertiary/aromatic N) is 3. The highest BCUT2D eigenvalue weighted by atomic mass is 32.1. The fraction of sp³-hybridized carbons (Fsp3) is 0.333. The molecule has 0 radical (unpaired) electrons. The molecule has 1 N–H and O–H groups in total. The van der Waals surface area contributed by atoms with E-state index in [0.717, 1.165) is 11.3 Å². The van der Waals surface area contributed by atoms with Crippen molar-refractivity contribution in [3.8, 4) is 0 Å². The van der Waals surface area contributed by atoms with Gasteiger partial charge in [-0.3, -0.25) is 5.32 Å². The molecule has 114 valence electrons. The molecule has 1 rings (SSSR count). The summed E-state index contributed by atoms with van der Waals surface area (Å²) in [5, 5.41) is 3.05. The topological polar surface area (TPSA) is 94.4 Å². The predicted molar refractivity (Wildman–Crippen MR) is 80.0 cm³/mol. The Balaban J connectivity index is 2.67. The molecular formula is C12H16N4O4S. The van der Waals surface area contributed by atoms with Crippen molar-refractivity contribution in [1.29, 1.82) is 0 Å². The fourth-order valence-corrected chi connectivity index (χ4v) is 1.71. The van der Waals surface area contributed by atoms with Gasteiger partial charge in [0.15, 0.2) is 5.88 Å². The average Bonchev–Trinajstić information content (AvgIpc) is 2.95. The molecule has 0 amide bonds. The van der Waals surface area contributed by atoms with Gasteiger partial charge in [-0.25, -0.2) is 14.8 Å². The third-order valence-corrected chi connectivity index (χ3v) is 2.88.